The Hall–Kier alpha value is -1.84. The van der Waals surface area contributed by atoms with E-state index in [9.17, 15) is 4.79 Å². The first-order valence-corrected chi connectivity index (χ1v) is 18.0. The topological polar surface area (TPSA) is 46.9 Å². The van der Waals surface area contributed by atoms with Crippen LogP contribution in [0.4, 0.5) is 0 Å². The molecule has 0 saturated heterocycles. The fourth-order valence-electron chi connectivity index (χ4n) is 6.69. The third kappa shape index (κ3) is 13.8. The summed E-state index contributed by atoms with van der Waals surface area (Å²) in [7, 11) is 0. The van der Waals surface area contributed by atoms with Crippen molar-refractivity contribution in [3.8, 4) is 0 Å². The van der Waals surface area contributed by atoms with Crippen molar-refractivity contribution in [2.75, 3.05) is 6.54 Å². The van der Waals surface area contributed by atoms with Crippen LogP contribution in [0.25, 0.3) is 11.0 Å². The first kappa shape index (κ1) is 33.7. The summed E-state index contributed by atoms with van der Waals surface area (Å²) in [6.45, 7) is 4.21. The van der Waals surface area contributed by atoms with E-state index in [0.29, 0.717) is 5.91 Å². The molecule has 4 heteroatoms. The Kier molecular flexibility index (Phi) is 17.9. The molecule has 232 valence electrons. The van der Waals surface area contributed by atoms with Gasteiger partial charge in [0.15, 0.2) is 0 Å². The molecule has 1 saturated carbocycles. The van der Waals surface area contributed by atoms with Crippen LogP contribution in [0.2, 0.25) is 0 Å². The number of para-hydroxylation sites is 2. The van der Waals surface area contributed by atoms with E-state index in [1.807, 2.05) is 0 Å². The second-order valence-corrected chi connectivity index (χ2v) is 12.9. The lowest BCUT2D eigenvalue weighted by atomic mass is 9.89. The number of aryl methyl sites for hydroxylation is 2. The van der Waals surface area contributed by atoms with E-state index < -0.39 is 0 Å². The second-order valence-electron chi connectivity index (χ2n) is 12.9. The molecule has 0 radical (unpaired) electrons. The Morgan fingerprint density at radius 3 is 1.93 bits per heavy atom. The number of fused-ring (bicyclic) bond motifs is 1. The van der Waals surface area contributed by atoms with Crippen LogP contribution in [0.15, 0.2) is 24.3 Å². The van der Waals surface area contributed by atoms with E-state index in [2.05, 4.69) is 41.1 Å². The molecule has 41 heavy (non-hydrogen) atoms. The first-order valence-electron chi connectivity index (χ1n) is 18.0. The lowest BCUT2D eigenvalue weighted by molar-refractivity contribution is -0.125. The normalized spacial score (nSPS) is 14.2. The molecule has 1 amide bonds. The molecule has 0 spiro atoms. The van der Waals surface area contributed by atoms with E-state index >= 15 is 0 Å². The highest BCUT2D eigenvalue weighted by Crippen LogP contribution is 2.24. The Balaban J connectivity index is 1.22. The zero-order valence-corrected chi connectivity index (χ0v) is 26.8. The summed E-state index contributed by atoms with van der Waals surface area (Å²) in [6, 6.07) is 8.64. The number of nitrogens with zero attached hydrogens (tertiary/aromatic N) is 2. The van der Waals surface area contributed by atoms with E-state index in [1.54, 1.807) is 0 Å². The molecule has 0 aliphatic heterocycles. The van der Waals surface area contributed by atoms with E-state index in [4.69, 9.17) is 4.98 Å². The highest BCUT2D eigenvalue weighted by atomic mass is 16.1. The van der Waals surface area contributed by atoms with E-state index in [-0.39, 0.29) is 5.92 Å². The fourth-order valence-corrected chi connectivity index (χ4v) is 6.69. The van der Waals surface area contributed by atoms with Crippen LogP contribution in [-0.4, -0.2) is 22.0 Å². The smallest absolute Gasteiger partial charge is 0.223 e. The number of nitrogens with one attached hydrogen (secondary N) is 1. The third-order valence-corrected chi connectivity index (χ3v) is 9.32. The highest BCUT2D eigenvalue weighted by molar-refractivity contribution is 5.78. The van der Waals surface area contributed by atoms with Crippen molar-refractivity contribution in [3.63, 3.8) is 0 Å². The Morgan fingerprint density at radius 2 is 1.29 bits per heavy atom. The third-order valence-electron chi connectivity index (χ3n) is 9.32. The predicted octanol–water partition coefficient (Wildman–Crippen LogP) is 10.7. The fraction of sp³-hybridized carbons (Fsp3) is 0.784. The van der Waals surface area contributed by atoms with Gasteiger partial charge in [-0.1, -0.05) is 141 Å². The van der Waals surface area contributed by atoms with Crippen LogP contribution < -0.4 is 5.32 Å². The lowest BCUT2D eigenvalue weighted by Crippen LogP contribution is -2.32. The van der Waals surface area contributed by atoms with Crippen molar-refractivity contribution in [2.24, 2.45) is 5.92 Å². The molecule has 0 unspecified atom stereocenters. The van der Waals surface area contributed by atoms with E-state index in [1.165, 1.54) is 133 Å². The summed E-state index contributed by atoms with van der Waals surface area (Å²) in [5.41, 5.74) is 2.43. The van der Waals surface area contributed by atoms with Crippen LogP contribution >= 0.6 is 0 Å². The molecule has 1 aromatic heterocycles. The van der Waals surface area contributed by atoms with Gasteiger partial charge in [-0.25, -0.2) is 4.98 Å². The highest BCUT2D eigenvalue weighted by Gasteiger charge is 2.20. The van der Waals surface area contributed by atoms with Crippen molar-refractivity contribution in [1.82, 2.24) is 14.9 Å². The van der Waals surface area contributed by atoms with Gasteiger partial charge in [0.2, 0.25) is 5.91 Å². The maximum absolute atomic E-state index is 12.4. The van der Waals surface area contributed by atoms with Gasteiger partial charge in [0.1, 0.15) is 5.82 Å². The molecular formula is C37H63N3O. The second kappa shape index (κ2) is 21.8. The molecule has 0 atom stereocenters. The van der Waals surface area contributed by atoms with Crippen LogP contribution in [0.3, 0.4) is 0 Å². The average molecular weight is 566 g/mol. The van der Waals surface area contributed by atoms with Gasteiger partial charge in [-0.3, -0.25) is 4.79 Å². The SMILES string of the molecule is CCCCCCCCCCCCCCCCCCn1c(CCCCCNC(=O)C2CCCCC2)nc2ccccc21. The molecule has 1 aliphatic rings. The van der Waals surface area contributed by atoms with Gasteiger partial charge in [-0.2, -0.15) is 0 Å². The van der Waals surface area contributed by atoms with Crippen LogP contribution in [-0.2, 0) is 17.8 Å². The number of imidazole rings is 1. The van der Waals surface area contributed by atoms with Gasteiger partial charge in [-0.15, -0.1) is 0 Å². The summed E-state index contributed by atoms with van der Waals surface area (Å²) < 4.78 is 2.49. The van der Waals surface area contributed by atoms with Gasteiger partial charge in [0.25, 0.3) is 0 Å². The number of hydrogen-bond acceptors (Lipinski definition) is 2. The number of rotatable bonds is 24. The number of hydrogen-bond donors (Lipinski definition) is 1. The van der Waals surface area contributed by atoms with Crippen molar-refractivity contribution in [1.29, 1.82) is 0 Å². The van der Waals surface area contributed by atoms with Crippen molar-refractivity contribution in [2.45, 2.75) is 174 Å². The molecule has 0 bridgehead atoms. The zero-order valence-electron chi connectivity index (χ0n) is 26.8. The van der Waals surface area contributed by atoms with Crippen LogP contribution in [0.1, 0.15) is 167 Å². The zero-order chi connectivity index (χ0) is 28.8. The van der Waals surface area contributed by atoms with Crippen LogP contribution in [0.5, 0.6) is 0 Å². The minimum Gasteiger partial charge on any atom is -0.356 e. The molecule has 2 aromatic rings. The molecule has 1 heterocycles. The van der Waals surface area contributed by atoms with Crippen LogP contribution in [0, 0.1) is 5.92 Å². The van der Waals surface area contributed by atoms with E-state index in [0.717, 1.165) is 57.1 Å². The Morgan fingerprint density at radius 1 is 0.732 bits per heavy atom. The summed E-state index contributed by atoms with van der Waals surface area (Å²) in [5, 5.41) is 3.20. The minimum atomic E-state index is 0.271. The molecule has 1 aromatic carbocycles. The van der Waals surface area contributed by atoms with Gasteiger partial charge in [0.05, 0.1) is 11.0 Å². The standard InChI is InChI=1S/C37H63N3O/c1-2-3-4-5-6-7-8-9-10-11-12-13-14-15-16-25-32-40-35-29-23-22-28-34(35)39-36(40)30-21-18-24-31-38-37(41)33-26-19-17-20-27-33/h22-23,28-29,33H,2-21,24-27,30-32H2,1H3,(H,38,41). The number of benzene rings is 1. The summed E-state index contributed by atoms with van der Waals surface area (Å²) in [5.74, 6) is 1.82. The summed E-state index contributed by atoms with van der Waals surface area (Å²) >= 11 is 0. The largest absolute Gasteiger partial charge is 0.356 e. The number of unbranched alkanes of at least 4 members (excludes halogenated alkanes) is 17. The molecule has 3 rings (SSSR count). The minimum absolute atomic E-state index is 0.271. The van der Waals surface area contributed by atoms with Gasteiger partial charge >= 0.3 is 0 Å². The average Bonchev–Trinajstić information content (AvgIpc) is 3.36. The van der Waals surface area contributed by atoms with Crippen molar-refractivity contribution >= 4 is 16.9 Å². The molecule has 1 aliphatic carbocycles. The molecule has 1 N–H and O–H groups in total. The Bertz CT molecular complexity index is 929. The van der Waals surface area contributed by atoms with Gasteiger partial charge in [-0.05, 0) is 44.2 Å². The summed E-state index contributed by atoms with van der Waals surface area (Å²) in [6.07, 6.45) is 32.8. The maximum Gasteiger partial charge on any atom is 0.223 e. The Labute approximate surface area is 252 Å². The number of carbonyl (C=O) groups is 1. The first-order chi connectivity index (χ1) is 20.3. The van der Waals surface area contributed by atoms with Crippen molar-refractivity contribution in [3.05, 3.63) is 30.1 Å². The molecule has 4 nitrogen and oxygen atoms in total. The predicted molar refractivity (Wildman–Crippen MR) is 176 cm³/mol. The van der Waals surface area contributed by atoms with Crippen molar-refractivity contribution < 1.29 is 4.79 Å². The molecular weight excluding hydrogens is 502 g/mol. The summed E-state index contributed by atoms with van der Waals surface area (Å²) in [4.78, 5) is 17.4. The number of aromatic nitrogens is 2. The number of carbonyl (C=O) groups excluding carboxylic acids is 1. The maximum atomic E-state index is 12.4. The quantitative estimate of drug-likeness (QED) is 0.129. The lowest BCUT2D eigenvalue weighted by Gasteiger charge is -2.20. The molecule has 1 fully saturated rings. The monoisotopic (exact) mass is 565 g/mol. The number of amides is 1. The van der Waals surface area contributed by atoms with Gasteiger partial charge in [0, 0.05) is 25.4 Å². The van der Waals surface area contributed by atoms with Gasteiger partial charge < -0.3 is 9.88 Å².